The number of carbonyl (C=O) groups excluding carboxylic acids is 1. The van der Waals surface area contributed by atoms with Crippen molar-refractivity contribution >= 4 is 27.9 Å². The molecule has 2 aromatic heterocycles. The van der Waals surface area contributed by atoms with Crippen LogP contribution in [-0.4, -0.2) is 17.7 Å². The first-order valence-corrected chi connectivity index (χ1v) is 8.98. The molecule has 8 nitrogen and oxygen atoms in total. The van der Waals surface area contributed by atoms with Crippen molar-refractivity contribution in [2.75, 3.05) is 6.61 Å². The molecule has 0 amide bonds. The molecular weight excluding hydrogens is 392 g/mol. The van der Waals surface area contributed by atoms with Crippen LogP contribution in [0.25, 0.3) is 21.9 Å². The van der Waals surface area contributed by atoms with Gasteiger partial charge in [0.05, 0.1) is 0 Å². The van der Waals surface area contributed by atoms with E-state index < -0.39 is 17.2 Å². The molecule has 0 unspecified atom stereocenters. The number of hydrogen-bond donors (Lipinski definition) is 1. The Balaban J connectivity index is 1.44. The van der Waals surface area contributed by atoms with Gasteiger partial charge in [0.15, 0.2) is 6.61 Å². The molecule has 152 valence electrons. The molecule has 0 aliphatic carbocycles. The summed E-state index contributed by atoms with van der Waals surface area (Å²) in [4.78, 5) is 35.3. The molecule has 1 N–H and O–H groups in total. The van der Waals surface area contributed by atoms with Crippen molar-refractivity contribution in [3.8, 4) is 11.5 Å². The number of rotatable bonds is 5. The van der Waals surface area contributed by atoms with Gasteiger partial charge in [-0.2, -0.15) is 0 Å². The maximum absolute atomic E-state index is 12.1. The summed E-state index contributed by atoms with van der Waals surface area (Å²) in [5.41, 5.74) is 0.680. The maximum Gasteiger partial charge on any atom is 0.344 e. The lowest BCUT2D eigenvalue weighted by molar-refractivity contribution is -0.147. The predicted molar refractivity (Wildman–Crippen MR) is 107 cm³/mol. The highest BCUT2D eigenvalue weighted by Crippen LogP contribution is 2.23. The summed E-state index contributed by atoms with van der Waals surface area (Å²) < 4.78 is 20.8. The van der Waals surface area contributed by atoms with Crippen LogP contribution in [0.15, 0.2) is 67.0 Å². The van der Waals surface area contributed by atoms with Crippen LogP contribution < -0.4 is 16.0 Å². The largest absolute Gasteiger partial charge is 0.508 e. The van der Waals surface area contributed by atoms with E-state index in [4.69, 9.17) is 18.3 Å². The van der Waals surface area contributed by atoms with E-state index in [0.717, 1.165) is 10.9 Å². The van der Waals surface area contributed by atoms with E-state index in [1.54, 1.807) is 25.1 Å². The third kappa shape index (κ3) is 4.02. The Morgan fingerprint density at radius 2 is 1.63 bits per heavy atom. The van der Waals surface area contributed by atoms with Crippen LogP contribution >= 0.6 is 0 Å². The summed E-state index contributed by atoms with van der Waals surface area (Å²) in [6.07, 6.45) is 0. The number of benzene rings is 2. The van der Waals surface area contributed by atoms with Crippen molar-refractivity contribution in [3.63, 3.8) is 0 Å². The minimum absolute atomic E-state index is 0.0467. The SMILES string of the molecule is Cc1cc(=O)oc2cc(OCC(=O)OCc3cc(=O)oc4cc(O)ccc34)ccc12. The van der Waals surface area contributed by atoms with Gasteiger partial charge in [0.25, 0.3) is 0 Å². The van der Waals surface area contributed by atoms with Crippen molar-refractivity contribution in [2.45, 2.75) is 13.5 Å². The van der Waals surface area contributed by atoms with E-state index >= 15 is 0 Å². The van der Waals surface area contributed by atoms with Gasteiger partial charge in [-0.25, -0.2) is 14.4 Å². The minimum Gasteiger partial charge on any atom is -0.508 e. The number of fused-ring (bicyclic) bond motifs is 2. The Morgan fingerprint density at radius 1 is 0.933 bits per heavy atom. The quantitative estimate of drug-likeness (QED) is 0.396. The first-order valence-electron chi connectivity index (χ1n) is 8.98. The van der Waals surface area contributed by atoms with Gasteiger partial charge >= 0.3 is 17.2 Å². The molecule has 0 aliphatic heterocycles. The molecule has 4 aromatic rings. The summed E-state index contributed by atoms with van der Waals surface area (Å²) in [5.74, 6) is -0.356. The van der Waals surface area contributed by atoms with E-state index in [9.17, 15) is 19.5 Å². The molecule has 0 fully saturated rings. The van der Waals surface area contributed by atoms with Crippen molar-refractivity contribution in [1.29, 1.82) is 0 Å². The molecule has 0 atom stereocenters. The zero-order chi connectivity index (χ0) is 21.3. The first kappa shape index (κ1) is 19.3. The zero-order valence-corrected chi connectivity index (χ0v) is 15.8. The van der Waals surface area contributed by atoms with Crippen LogP contribution in [-0.2, 0) is 16.1 Å². The van der Waals surface area contributed by atoms with E-state index in [2.05, 4.69) is 0 Å². The highest BCUT2D eigenvalue weighted by atomic mass is 16.6. The smallest absolute Gasteiger partial charge is 0.344 e. The molecule has 8 heteroatoms. The first-order chi connectivity index (χ1) is 14.4. The molecule has 0 spiro atoms. The number of aryl methyl sites for hydroxylation is 1. The summed E-state index contributed by atoms with van der Waals surface area (Å²) in [5, 5.41) is 10.8. The Bertz CT molecular complexity index is 1380. The zero-order valence-electron chi connectivity index (χ0n) is 15.8. The van der Waals surface area contributed by atoms with Crippen LogP contribution in [0.4, 0.5) is 0 Å². The molecule has 2 heterocycles. The molecule has 0 radical (unpaired) electrons. The number of ether oxygens (including phenoxy) is 2. The second kappa shape index (κ2) is 7.75. The Kier molecular flexibility index (Phi) is 4.97. The Labute approximate surface area is 168 Å². The predicted octanol–water partition coefficient (Wildman–Crippen LogP) is 3.04. The van der Waals surface area contributed by atoms with Crippen LogP contribution in [0.2, 0.25) is 0 Å². The third-order valence-corrected chi connectivity index (χ3v) is 4.48. The molecule has 4 rings (SSSR count). The lowest BCUT2D eigenvalue weighted by Gasteiger charge is -2.09. The average molecular weight is 408 g/mol. The lowest BCUT2D eigenvalue weighted by Crippen LogP contribution is -2.15. The van der Waals surface area contributed by atoms with Gasteiger partial charge in [0.2, 0.25) is 0 Å². The van der Waals surface area contributed by atoms with Gasteiger partial charge in [-0.1, -0.05) is 0 Å². The van der Waals surface area contributed by atoms with Crippen molar-refractivity contribution in [2.24, 2.45) is 0 Å². The number of phenolic OH excluding ortho intramolecular Hbond substituents is 1. The highest BCUT2D eigenvalue weighted by Gasteiger charge is 2.11. The number of esters is 1. The van der Waals surface area contributed by atoms with E-state index in [0.29, 0.717) is 22.3 Å². The maximum atomic E-state index is 12.1. The van der Waals surface area contributed by atoms with Crippen molar-refractivity contribution in [3.05, 3.63) is 80.5 Å². The number of phenols is 1. The van der Waals surface area contributed by atoms with E-state index in [-0.39, 0.29) is 24.5 Å². The highest BCUT2D eigenvalue weighted by molar-refractivity contribution is 5.82. The molecule has 0 bridgehead atoms. The molecule has 0 saturated heterocycles. The number of aromatic hydroxyl groups is 1. The number of hydrogen-bond acceptors (Lipinski definition) is 8. The average Bonchev–Trinajstić information content (AvgIpc) is 2.69. The fourth-order valence-electron chi connectivity index (χ4n) is 3.08. The van der Waals surface area contributed by atoms with E-state index in [1.165, 1.54) is 30.3 Å². The van der Waals surface area contributed by atoms with Crippen LogP contribution in [0.1, 0.15) is 11.1 Å². The summed E-state index contributed by atoms with van der Waals surface area (Å²) in [6.45, 7) is 1.26. The third-order valence-electron chi connectivity index (χ3n) is 4.48. The Morgan fingerprint density at radius 3 is 2.43 bits per heavy atom. The normalized spacial score (nSPS) is 11.0. The molecule has 30 heavy (non-hydrogen) atoms. The fourth-order valence-corrected chi connectivity index (χ4v) is 3.08. The summed E-state index contributed by atoms with van der Waals surface area (Å²) in [7, 11) is 0. The van der Waals surface area contributed by atoms with Gasteiger partial charge in [-0.15, -0.1) is 0 Å². The Hall–Kier alpha value is -4.07. The van der Waals surface area contributed by atoms with Crippen molar-refractivity contribution in [1.82, 2.24) is 0 Å². The van der Waals surface area contributed by atoms with Gasteiger partial charge in [0, 0.05) is 40.6 Å². The molecular formula is C22H16O8. The second-order valence-electron chi connectivity index (χ2n) is 6.63. The van der Waals surface area contributed by atoms with Crippen LogP contribution in [0.5, 0.6) is 11.5 Å². The number of carbonyl (C=O) groups is 1. The standard InChI is InChI=1S/C22H16O8/c1-12-6-20(24)30-19-9-15(3-5-16(12)19)27-11-22(26)28-10-13-7-21(25)29-18-8-14(23)2-4-17(13)18/h2-9,23H,10-11H2,1H3. The van der Waals surface area contributed by atoms with E-state index in [1.807, 2.05) is 0 Å². The second-order valence-corrected chi connectivity index (χ2v) is 6.63. The van der Waals surface area contributed by atoms with Crippen LogP contribution in [0, 0.1) is 6.92 Å². The van der Waals surface area contributed by atoms with Crippen molar-refractivity contribution < 1.29 is 28.2 Å². The minimum atomic E-state index is -0.652. The van der Waals surface area contributed by atoms with Crippen LogP contribution in [0.3, 0.4) is 0 Å². The van der Waals surface area contributed by atoms with Gasteiger partial charge in [-0.3, -0.25) is 0 Å². The molecule has 0 aliphatic rings. The summed E-state index contributed by atoms with van der Waals surface area (Å²) >= 11 is 0. The molecule has 0 saturated carbocycles. The van der Waals surface area contributed by atoms with Gasteiger partial charge in [0.1, 0.15) is 29.3 Å². The van der Waals surface area contributed by atoms with Gasteiger partial charge in [-0.05, 0) is 36.8 Å². The topological polar surface area (TPSA) is 116 Å². The lowest BCUT2D eigenvalue weighted by atomic mass is 10.1. The fraction of sp³-hybridized carbons (Fsp3) is 0.136. The monoisotopic (exact) mass is 408 g/mol. The summed E-state index contributed by atoms with van der Waals surface area (Å²) in [6, 6.07) is 11.9. The molecule has 2 aromatic carbocycles. The van der Waals surface area contributed by atoms with Gasteiger partial charge < -0.3 is 23.4 Å².